The molecule has 1 heterocycles. The van der Waals surface area contributed by atoms with Crippen LogP contribution in [0.2, 0.25) is 0 Å². The van der Waals surface area contributed by atoms with Gasteiger partial charge >= 0.3 is 0 Å². The lowest BCUT2D eigenvalue weighted by Crippen LogP contribution is -2.37. The van der Waals surface area contributed by atoms with E-state index >= 15 is 0 Å². The molecule has 1 aliphatic carbocycles. The van der Waals surface area contributed by atoms with E-state index in [1.54, 1.807) is 12.1 Å². The molecule has 1 saturated carbocycles. The van der Waals surface area contributed by atoms with Gasteiger partial charge in [-0.25, -0.2) is 4.39 Å². The van der Waals surface area contributed by atoms with Crippen molar-refractivity contribution in [3.8, 4) is 0 Å². The normalized spacial score (nSPS) is 23.0. The number of hydrogen-bond acceptors (Lipinski definition) is 4. The van der Waals surface area contributed by atoms with E-state index in [4.69, 9.17) is 14.6 Å². The molecule has 27 heavy (non-hydrogen) atoms. The monoisotopic (exact) mass is 377 g/mol. The zero-order chi connectivity index (χ0) is 19.1. The minimum absolute atomic E-state index is 0.0773. The van der Waals surface area contributed by atoms with Gasteiger partial charge in [-0.15, -0.1) is 0 Å². The van der Waals surface area contributed by atoms with Crippen LogP contribution in [0.25, 0.3) is 0 Å². The Hall–Kier alpha value is -1.92. The molecule has 3 rings (SSSR count). The van der Waals surface area contributed by atoms with Crippen molar-refractivity contribution in [2.24, 2.45) is 0 Å². The van der Waals surface area contributed by atoms with Crippen LogP contribution in [0.3, 0.4) is 0 Å². The number of rotatable bonds is 8. The Labute approximate surface area is 159 Å². The summed E-state index contributed by atoms with van der Waals surface area (Å²) in [7, 11) is 0. The number of halogens is 1. The van der Waals surface area contributed by atoms with Gasteiger partial charge in [-0.05, 0) is 49.5 Å². The van der Waals surface area contributed by atoms with Gasteiger partial charge in [-0.3, -0.25) is 4.79 Å². The zero-order valence-corrected chi connectivity index (χ0v) is 15.5. The summed E-state index contributed by atoms with van der Waals surface area (Å²) in [5.74, 6) is -0.301. The van der Waals surface area contributed by atoms with Crippen molar-refractivity contribution < 1.29 is 23.8 Å². The van der Waals surface area contributed by atoms with Crippen molar-refractivity contribution in [3.05, 3.63) is 47.5 Å². The van der Waals surface area contributed by atoms with Crippen LogP contribution in [0.1, 0.15) is 56.4 Å². The van der Waals surface area contributed by atoms with Crippen molar-refractivity contribution >= 4 is 5.91 Å². The number of benzene rings is 1. The van der Waals surface area contributed by atoms with E-state index in [-0.39, 0.29) is 36.1 Å². The third kappa shape index (κ3) is 5.78. The number of unbranched alkanes of at least 4 members (excludes halogenated alkanes) is 1. The van der Waals surface area contributed by atoms with Gasteiger partial charge in [0.1, 0.15) is 5.82 Å². The van der Waals surface area contributed by atoms with Gasteiger partial charge in [-0.1, -0.05) is 25.0 Å². The SMILES string of the molecule is O=C(NC1CCCC1)C1=C[C@@H](c2ccc(F)cc2)C[C@@H](OCCCCO)O1. The van der Waals surface area contributed by atoms with Gasteiger partial charge in [-0.2, -0.15) is 0 Å². The number of allylic oxidation sites excluding steroid dienone is 1. The minimum atomic E-state index is -0.534. The average molecular weight is 377 g/mol. The molecule has 0 radical (unpaired) electrons. The highest BCUT2D eigenvalue weighted by atomic mass is 19.1. The van der Waals surface area contributed by atoms with Gasteiger partial charge in [0, 0.05) is 25.0 Å². The third-order valence-corrected chi connectivity index (χ3v) is 5.13. The van der Waals surface area contributed by atoms with Crippen LogP contribution in [0.5, 0.6) is 0 Å². The fraction of sp³-hybridized carbons (Fsp3) is 0.571. The molecule has 1 aromatic carbocycles. The maximum atomic E-state index is 13.3. The molecule has 148 valence electrons. The first-order valence-electron chi connectivity index (χ1n) is 9.83. The van der Waals surface area contributed by atoms with E-state index in [1.165, 1.54) is 12.1 Å². The summed E-state index contributed by atoms with van der Waals surface area (Å²) < 4.78 is 24.8. The van der Waals surface area contributed by atoms with Crippen LogP contribution in [-0.2, 0) is 14.3 Å². The zero-order valence-electron chi connectivity index (χ0n) is 15.5. The first kappa shape index (κ1) is 19.8. The lowest BCUT2D eigenvalue weighted by Gasteiger charge is -2.30. The Morgan fingerprint density at radius 3 is 2.67 bits per heavy atom. The maximum Gasteiger partial charge on any atom is 0.286 e. The molecule has 0 aromatic heterocycles. The Morgan fingerprint density at radius 1 is 1.22 bits per heavy atom. The van der Waals surface area contributed by atoms with Crippen LogP contribution in [0, 0.1) is 5.82 Å². The van der Waals surface area contributed by atoms with Crippen molar-refractivity contribution in [2.45, 2.75) is 63.2 Å². The van der Waals surface area contributed by atoms with Crippen LogP contribution in [-0.4, -0.2) is 36.6 Å². The number of ether oxygens (including phenoxy) is 2. The van der Waals surface area contributed by atoms with Crippen LogP contribution in [0.15, 0.2) is 36.1 Å². The van der Waals surface area contributed by atoms with Gasteiger partial charge in [0.15, 0.2) is 5.76 Å². The number of carbonyl (C=O) groups is 1. The Balaban J connectivity index is 1.69. The van der Waals surface area contributed by atoms with Crippen LogP contribution >= 0.6 is 0 Å². The molecule has 6 heteroatoms. The van der Waals surface area contributed by atoms with Crippen molar-refractivity contribution in [1.82, 2.24) is 5.32 Å². The molecule has 1 fully saturated rings. The number of nitrogens with one attached hydrogen (secondary N) is 1. The van der Waals surface area contributed by atoms with E-state index in [0.717, 1.165) is 37.7 Å². The Bertz CT molecular complexity index is 640. The second-order valence-electron chi connectivity index (χ2n) is 7.23. The summed E-state index contributed by atoms with van der Waals surface area (Å²) in [6.45, 7) is 0.584. The van der Waals surface area contributed by atoms with Crippen LogP contribution in [0.4, 0.5) is 4.39 Å². The summed E-state index contributed by atoms with van der Waals surface area (Å²) >= 11 is 0. The van der Waals surface area contributed by atoms with Gasteiger partial charge in [0.2, 0.25) is 6.29 Å². The largest absolute Gasteiger partial charge is 0.459 e. The Kier molecular flexibility index (Phi) is 7.24. The van der Waals surface area contributed by atoms with Crippen molar-refractivity contribution in [3.63, 3.8) is 0 Å². The molecule has 0 bridgehead atoms. The molecule has 1 aliphatic heterocycles. The smallest absolute Gasteiger partial charge is 0.286 e. The maximum absolute atomic E-state index is 13.3. The summed E-state index contributed by atoms with van der Waals surface area (Å²) in [4.78, 5) is 12.7. The average Bonchev–Trinajstić information content (AvgIpc) is 3.18. The highest BCUT2D eigenvalue weighted by Gasteiger charge is 2.30. The first-order chi connectivity index (χ1) is 13.2. The van der Waals surface area contributed by atoms with Gasteiger partial charge in [0.05, 0.1) is 6.61 Å². The van der Waals surface area contributed by atoms with E-state index in [9.17, 15) is 9.18 Å². The summed E-state index contributed by atoms with van der Waals surface area (Å²) in [5.41, 5.74) is 0.926. The van der Waals surface area contributed by atoms with Crippen molar-refractivity contribution in [1.29, 1.82) is 0 Å². The van der Waals surface area contributed by atoms with Crippen LogP contribution < -0.4 is 5.32 Å². The third-order valence-electron chi connectivity index (χ3n) is 5.13. The van der Waals surface area contributed by atoms with E-state index in [0.29, 0.717) is 19.4 Å². The fourth-order valence-electron chi connectivity index (χ4n) is 3.62. The van der Waals surface area contributed by atoms with E-state index < -0.39 is 6.29 Å². The topological polar surface area (TPSA) is 67.8 Å². The summed E-state index contributed by atoms with van der Waals surface area (Å²) in [6.07, 6.45) is 7.51. The fourth-order valence-corrected chi connectivity index (χ4v) is 3.62. The van der Waals surface area contributed by atoms with Gasteiger partial charge in [0.25, 0.3) is 5.91 Å². The lowest BCUT2D eigenvalue weighted by atomic mass is 9.93. The number of amides is 1. The van der Waals surface area contributed by atoms with E-state index in [2.05, 4.69) is 5.32 Å². The Morgan fingerprint density at radius 2 is 1.96 bits per heavy atom. The van der Waals surface area contributed by atoms with E-state index in [1.807, 2.05) is 6.08 Å². The molecule has 2 aliphatic rings. The lowest BCUT2D eigenvalue weighted by molar-refractivity contribution is -0.146. The molecule has 0 saturated heterocycles. The highest BCUT2D eigenvalue weighted by Crippen LogP contribution is 2.32. The number of aliphatic hydroxyl groups is 1. The number of carbonyl (C=O) groups excluding carboxylic acids is 1. The minimum Gasteiger partial charge on any atom is -0.459 e. The van der Waals surface area contributed by atoms with Crippen molar-refractivity contribution in [2.75, 3.05) is 13.2 Å². The standard InChI is InChI=1S/C21H28FNO4/c22-17-9-7-15(8-10-17)16-13-19(21(25)23-18-5-1-2-6-18)27-20(14-16)26-12-4-3-11-24/h7-10,13,16,18,20,24H,1-6,11-12,14H2,(H,23,25)/t16-,20+/m1/s1. The second-order valence-corrected chi connectivity index (χ2v) is 7.23. The first-order valence-corrected chi connectivity index (χ1v) is 9.83. The molecule has 1 amide bonds. The predicted octanol–water partition coefficient (Wildman–Crippen LogP) is 3.39. The molecule has 0 unspecified atom stereocenters. The summed E-state index contributed by atoms with van der Waals surface area (Å²) in [6, 6.07) is 6.52. The molecule has 5 nitrogen and oxygen atoms in total. The quantitative estimate of drug-likeness (QED) is 0.682. The molecule has 2 atom stereocenters. The number of aliphatic hydroxyl groups excluding tert-OH is 1. The second kappa shape index (κ2) is 9.85. The summed E-state index contributed by atoms with van der Waals surface area (Å²) in [5, 5.41) is 11.9. The molecular weight excluding hydrogens is 349 g/mol. The molecule has 1 aromatic rings. The number of hydrogen-bond donors (Lipinski definition) is 2. The highest BCUT2D eigenvalue weighted by molar-refractivity contribution is 5.92. The predicted molar refractivity (Wildman–Crippen MR) is 99.4 cm³/mol. The molecule has 0 spiro atoms. The van der Waals surface area contributed by atoms with Gasteiger partial charge < -0.3 is 19.9 Å². The molecular formula is C21H28FNO4. The molecule has 2 N–H and O–H groups in total.